The second-order valence-corrected chi connectivity index (χ2v) is 6.23. The fourth-order valence-electron chi connectivity index (χ4n) is 3.03. The van der Waals surface area contributed by atoms with Crippen LogP contribution in [0.15, 0.2) is 36.9 Å². The van der Waals surface area contributed by atoms with Crippen molar-refractivity contribution >= 4 is 5.91 Å². The van der Waals surface area contributed by atoms with Crippen LogP contribution in [0, 0.1) is 5.92 Å². The summed E-state index contributed by atoms with van der Waals surface area (Å²) in [6.45, 7) is 6.54. The average molecular weight is 302 g/mol. The molecule has 4 nitrogen and oxygen atoms in total. The molecule has 1 aliphatic rings. The fraction of sp³-hybridized carbons (Fsp3) is 0.500. The lowest BCUT2D eigenvalue weighted by Crippen LogP contribution is -2.52. The molecule has 22 heavy (non-hydrogen) atoms. The Morgan fingerprint density at radius 2 is 2.27 bits per heavy atom. The highest BCUT2D eigenvalue weighted by Gasteiger charge is 2.37. The molecule has 0 bridgehead atoms. The van der Waals surface area contributed by atoms with Crippen LogP contribution in [0.4, 0.5) is 0 Å². The summed E-state index contributed by atoms with van der Waals surface area (Å²) in [5.41, 5.74) is 6.85. The van der Waals surface area contributed by atoms with E-state index in [9.17, 15) is 4.79 Å². The molecule has 0 spiro atoms. The Morgan fingerprint density at radius 1 is 1.50 bits per heavy atom. The van der Waals surface area contributed by atoms with E-state index in [0.29, 0.717) is 13.2 Å². The van der Waals surface area contributed by atoms with E-state index in [0.717, 1.165) is 37.0 Å². The lowest BCUT2D eigenvalue weighted by molar-refractivity contribution is -0.128. The highest BCUT2D eigenvalue weighted by molar-refractivity contribution is 5.80. The summed E-state index contributed by atoms with van der Waals surface area (Å²) >= 11 is 0. The highest BCUT2D eigenvalue weighted by Crippen LogP contribution is 2.31. The van der Waals surface area contributed by atoms with Gasteiger partial charge < -0.3 is 15.8 Å². The average Bonchev–Trinajstić information content (AvgIpc) is 2.51. The molecule has 0 aromatic heterocycles. The maximum atomic E-state index is 12.5. The summed E-state index contributed by atoms with van der Waals surface area (Å²) in [7, 11) is 0. The van der Waals surface area contributed by atoms with Crippen molar-refractivity contribution in [3.8, 4) is 5.75 Å². The number of carbonyl (C=O) groups excluding carboxylic acids is 1. The monoisotopic (exact) mass is 302 g/mol. The van der Waals surface area contributed by atoms with Crippen molar-refractivity contribution in [2.24, 2.45) is 11.7 Å². The number of para-hydroxylation sites is 1. The standard InChI is InChI=1S/C18H26N2O2/c1-3-12-22-16-10-5-4-8-14(16)13-20-17(21)15-9-6-7-11-18(15,2)19/h3-5,8,10,15H,1,6-7,9,11-13,19H2,2H3,(H,20,21). The summed E-state index contributed by atoms with van der Waals surface area (Å²) in [5.74, 6) is 0.715. The van der Waals surface area contributed by atoms with Gasteiger partial charge in [-0.05, 0) is 25.8 Å². The molecule has 1 aromatic carbocycles. The first-order chi connectivity index (χ1) is 10.5. The summed E-state index contributed by atoms with van der Waals surface area (Å²) in [6, 6.07) is 7.72. The number of nitrogens with two attached hydrogens (primary N) is 1. The Balaban J connectivity index is 1.97. The largest absolute Gasteiger partial charge is 0.489 e. The zero-order valence-electron chi connectivity index (χ0n) is 13.3. The lowest BCUT2D eigenvalue weighted by atomic mass is 9.74. The van der Waals surface area contributed by atoms with E-state index in [2.05, 4.69) is 11.9 Å². The predicted molar refractivity (Wildman–Crippen MR) is 88.5 cm³/mol. The van der Waals surface area contributed by atoms with Gasteiger partial charge in [0.05, 0.1) is 5.92 Å². The van der Waals surface area contributed by atoms with Crippen LogP contribution >= 0.6 is 0 Å². The van der Waals surface area contributed by atoms with Crippen LogP contribution in [0.5, 0.6) is 5.75 Å². The van der Waals surface area contributed by atoms with Crippen LogP contribution in [-0.4, -0.2) is 18.1 Å². The maximum Gasteiger partial charge on any atom is 0.225 e. The molecule has 0 heterocycles. The van der Waals surface area contributed by atoms with Crippen LogP contribution in [0.3, 0.4) is 0 Å². The van der Waals surface area contributed by atoms with Crippen LogP contribution in [0.2, 0.25) is 0 Å². The molecule has 1 aromatic rings. The third-order valence-corrected chi connectivity index (χ3v) is 4.35. The molecule has 1 amide bonds. The van der Waals surface area contributed by atoms with Gasteiger partial charge in [0.15, 0.2) is 0 Å². The van der Waals surface area contributed by atoms with E-state index in [1.54, 1.807) is 6.08 Å². The molecular weight excluding hydrogens is 276 g/mol. The Hall–Kier alpha value is -1.81. The number of rotatable bonds is 6. The molecule has 2 rings (SSSR count). The zero-order valence-corrected chi connectivity index (χ0v) is 13.3. The number of amides is 1. The quantitative estimate of drug-likeness (QED) is 0.794. The van der Waals surface area contributed by atoms with E-state index >= 15 is 0 Å². The number of hydrogen-bond acceptors (Lipinski definition) is 3. The molecule has 1 aliphatic carbocycles. The summed E-state index contributed by atoms with van der Waals surface area (Å²) in [6.07, 6.45) is 5.66. The normalized spacial score (nSPS) is 24.5. The molecular formula is C18H26N2O2. The van der Waals surface area contributed by atoms with Crippen molar-refractivity contribution in [3.05, 3.63) is 42.5 Å². The molecule has 2 unspecified atom stereocenters. The third kappa shape index (κ3) is 4.10. The molecule has 4 heteroatoms. The van der Waals surface area contributed by atoms with E-state index in [1.165, 1.54) is 0 Å². The maximum absolute atomic E-state index is 12.5. The van der Waals surface area contributed by atoms with Gasteiger partial charge in [-0.15, -0.1) is 0 Å². The van der Waals surface area contributed by atoms with E-state index in [-0.39, 0.29) is 11.8 Å². The van der Waals surface area contributed by atoms with Gasteiger partial charge in [-0.25, -0.2) is 0 Å². The topological polar surface area (TPSA) is 64.3 Å². The van der Waals surface area contributed by atoms with Gasteiger partial charge in [0.1, 0.15) is 12.4 Å². The van der Waals surface area contributed by atoms with Crippen molar-refractivity contribution in [1.82, 2.24) is 5.32 Å². The van der Waals surface area contributed by atoms with Crippen molar-refractivity contribution in [2.75, 3.05) is 6.61 Å². The van der Waals surface area contributed by atoms with Crippen LogP contribution < -0.4 is 15.8 Å². The Labute approximate surface area is 132 Å². The van der Waals surface area contributed by atoms with Crippen molar-refractivity contribution in [3.63, 3.8) is 0 Å². The Kier molecular flexibility index (Phi) is 5.61. The molecule has 0 aliphatic heterocycles. The van der Waals surface area contributed by atoms with Crippen LogP contribution in [0.1, 0.15) is 38.2 Å². The molecule has 2 atom stereocenters. The predicted octanol–water partition coefficient (Wildman–Crippen LogP) is 2.78. The second-order valence-electron chi connectivity index (χ2n) is 6.23. The second kappa shape index (κ2) is 7.45. The smallest absolute Gasteiger partial charge is 0.225 e. The van der Waals surface area contributed by atoms with Gasteiger partial charge in [0.25, 0.3) is 0 Å². The number of carbonyl (C=O) groups is 1. The summed E-state index contributed by atoms with van der Waals surface area (Å²) in [4.78, 5) is 12.5. The molecule has 3 N–H and O–H groups in total. The third-order valence-electron chi connectivity index (χ3n) is 4.35. The van der Waals surface area contributed by atoms with Gasteiger partial charge in [-0.1, -0.05) is 43.7 Å². The van der Waals surface area contributed by atoms with E-state index < -0.39 is 5.54 Å². The number of benzene rings is 1. The lowest BCUT2D eigenvalue weighted by Gasteiger charge is -2.37. The van der Waals surface area contributed by atoms with Gasteiger partial charge in [-0.2, -0.15) is 0 Å². The molecule has 0 radical (unpaired) electrons. The van der Waals surface area contributed by atoms with Crippen molar-refractivity contribution in [1.29, 1.82) is 0 Å². The highest BCUT2D eigenvalue weighted by atomic mass is 16.5. The SMILES string of the molecule is C=CCOc1ccccc1CNC(=O)C1CCCCC1(C)N. The first-order valence-electron chi connectivity index (χ1n) is 7.93. The Morgan fingerprint density at radius 3 is 3.00 bits per heavy atom. The molecule has 120 valence electrons. The first kappa shape index (κ1) is 16.6. The van der Waals surface area contributed by atoms with E-state index in [1.807, 2.05) is 31.2 Å². The Bertz CT molecular complexity index is 526. The summed E-state index contributed by atoms with van der Waals surface area (Å²) < 4.78 is 5.61. The molecule has 1 fully saturated rings. The minimum absolute atomic E-state index is 0.0447. The van der Waals surface area contributed by atoms with Crippen LogP contribution in [-0.2, 0) is 11.3 Å². The minimum Gasteiger partial charge on any atom is -0.489 e. The zero-order chi connectivity index (χ0) is 16.0. The fourth-order valence-corrected chi connectivity index (χ4v) is 3.03. The first-order valence-corrected chi connectivity index (χ1v) is 7.93. The molecule has 1 saturated carbocycles. The number of nitrogens with one attached hydrogen (secondary N) is 1. The summed E-state index contributed by atoms with van der Waals surface area (Å²) in [5, 5.41) is 3.02. The van der Waals surface area contributed by atoms with E-state index in [4.69, 9.17) is 10.5 Å². The number of ether oxygens (including phenoxy) is 1. The van der Waals surface area contributed by atoms with Gasteiger partial charge in [0, 0.05) is 17.6 Å². The number of hydrogen-bond donors (Lipinski definition) is 2. The van der Waals surface area contributed by atoms with Gasteiger partial charge in [-0.3, -0.25) is 4.79 Å². The minimum atomic E-state index is -0.402. The van der Waals surface area contributed by atoms with Crippen molar-refractivity contribution in [2.45, 2.75) is 44.7 Å². The van der Waals surface area contributed by atoms with Gasteiger partial charge in [0.2, 0.25) is 5.91 Å². The van der Waals surface area contributed by atoms with Crippen molar-refractivity contribution < 1.29 is 9.53 Å². The van der Waals surface area contributed by atoms with Crippen LogP contribution in [0.25, 0.3) is 0 Å². The van der Waals surface area contributed by atoms with Gasteiger partial charge >= 0.3 is 0 Å². The molecule has 0 saturated heterocycles.